The average molecular weight is 807 g/mol. The minimum absolute atomic E-state index is 0.0930. The topological polar surface area (TPSA) is 198 Å². The van der Waals surface area contributed by atoms with Gasteiger partial charge in [-0.3, -0.25) is 4.79 Å². The summed E-state index contributed by atoms with van der Waals surface area (Å²) in [6.07, 6.45) is -6.71. The quantitative estimate of drug-likeness (QED) is 0.131. The predicted octanol–water partition coefficient (Wildman–Crippen LogP) is 2.36. The number of nitrogens with zero attached hydrogens (tertiary/aromatic N) is 1. The molecule has 330 valence electrons. The molecule has 0 aromatic heterocycles. The zero-order valence-electron chi connectivity index (χ0n) is 36.7. The minimum atomic E-state index is -1.82. The Hall–Kier alpha value is -1.05. The van der Waals surface area contributed by atoms with Crippen molar-refractivity contribution in [3.05, 3.63) is 0 Å². The first kappa shape index (κ1) is 49.3. The van der Waals surface area contributed by atoms with Crippen LogP contribution in [-0.2, 0) is 38.0 Å². The van der Waals surface area contributed by atoms with Crippen molar-refractivity contribution in [2.75, 3.05) is 41.5 Å². The molecule has 3 saturated heterocycles. The fourth-order valence-electron chi connectivity index (χ4n) is 9.37. The number of aliphatic hydroxyl groups excluding tert-OH is 2. The van der Waals surface area contributed by atoms with Crippen LogP contribution >= 0.6 is 0 Å². The Morgan fingerprint density at radius 3 is 2.16 bits per heavy atom. The van der Waals surface area contributed by atoms with Gasteiger partial charge in [0.15, 0.2) is 12.6 Å². The van der Waals surface area contributed by atoms with Crippen LogP contribution in [0.3, 0.4) is 0 Å². The van der Waals surface area contributed by atoms with E-state index in [1.54, 1.807) is 41.7 Å². The van der Waals surface area contributed by atoms with Crippen LogP contribution in [0.2, 0.25) is 0 Å². The number of hydrogen-bond acceptors (Lipinski definition) is 15. The zero-order valence-corrected chi connectivity index (χ0v) is 36.7. The van der Waals surface area contributed by atoms with Gasteiger partial charge in [-0.05, 0) is 107 Å². The smallest absolute Gasteiger partial charge is 0.311 e. The molecule has 0 aliphatic carbocycles. The summed E-state index contributed by atoms with van der Waals surface area (Å²) in [4.78, 5) is 16.2. The number of likely N-dealkylation sites (N-methyl/N-ethyl adjacent to an activating group) is 1. The van der Waals surface area contributed by atoms with Crippen molar-refractivity contribution < 1.29 is 63.5 Å². The number of esters is 1. The molecule has 0 spiro atoms. The maximum absolute atomic E-state index is 14.3. The van der Waals surface area contributed by atoms with E-state index < -0.39 is 95.5 Å². The molecule has 18 atom stereocenters. The molecule has 0 amide bonds. The summed E-state index contributed by atoms with van der Waals surface area (Å²) >= 11 is 0. The molecule has 6 N–H and O–H groups in total. The van der Waals surface area contributed by atoms with Gasteiger partial charge in [0, 0.05) is 45.2 Å². The van der Waals surface area contributed by atoms with Crippen molar-refractivity contribution in [2.45, 2.75) is 198 Å². The largest absolute Gasteiger partial charge is 0.459 e. The van der Waals surface area contributed by atoms with Crippen LogP contribution in [0.1, 0.15) is 108 Å². The van der Waals surface area contributed by atoms with Crippen molar-refractivity contribution in [1.82, 2.24) is 10.2 Å². The van der Waals surface area contributed by atoms with E-state index in [1.807, 2.05) is 46.7 Å². The Morgan fingerprint density at radius 1 is 0.946 bits per heavy atom. The number of aliphatic hydroxyl groups is 5. The Labute approximate surface area is 336 Å². The minimum Gasteiger partial charge on any atom is -0.459 e. The van der Waals surface area contributed by atoms with Crippen molar-refractivity contribution in [2.24, 2.45) is 17.8 Å². The Kier molecular flexibility index (Phi) is 17.6. The molecule has 56 heavy (non-hydrogen) atoms. The molecular weight excluding hydrogens is 728 g/mol. The molecule has 0 radical (unpaired) electrons. The fraction of sp³-hybridized carbons (Fsp3) is 0.976. The van der Waals surface area contributed by atoms with Crippen LogP contribution in [0.25, 0.3) is 0 Å². The van der Waals surface area contributed by atoms with Gasteiger partial charge in [-0.2, -0.15) is 0 Å². The maximum atomic E-state index is 14.3. The van der Waals surface area contributed by atoms with E-state index in [0.717, 1.165) is 0 Å². The van der Waals surface area contributed by atoms with E-state index in [-0.39, 0.29) is 37.3 Å². The molecule has 3 aliphatic rings. The lowest BCUT2D eigenvalue weighted by Gasteiger charge is -2.54. The Balaban J connectivity index is 2.16. The van der Waals surface area contributed by atoms with Crippen molar-refractivity contribution in [3.63, 3.8) is 0 Å². The number of methoxy groups -OCH3 is 2. The monoisotopic (exact) mass is 807 g/mol. The highest BCUT2D eigenvalue weighted by molar-refractivity contribution is 5.73. The number of nitrogens with one attached hydrogen (secondary N) is 1. The van der Waals surface area contributed by atoms with Crippen LogP contribution in [0.4, 0.5) is 0 Å². The molecule has 15 nitrogen and oxygen atoms in total. The first-order valence-electron chi connectivity index (χ1n) is 20.7. The van der Waals surface area contributed by atoms with Crippen molar-refractivity contribution in [1.29, 1.82) is 0 Å². The maximum Gasteiger partial charge on any atom is 0.311 e. The standard InChI is InChI=1S/C41H78N2O13/c1-15-30-40(10,48)34(45)27(6)42-22-23(2)20-38(8,47)35(56-37-32(44)29(43(11)12)19-24(3)52-37)25(4)33(26(5)36(46)54-30)55-31-21-39(9,51-14)41(49,28(7)53-31)17-16-18-50-13/h23-35,37,42,44-45,47-49H,15-22H2,1-14H3/t23-,24-,25+,26-,27-,28+,29+,30?,31+,32-,33+,34-,35-,37+,38-,39-,40-,41-/m1/s1. The zero-order chi connectivity index (χ0) is 42.6. The summed E-state index contributed by atoms with van der Waals surface area (Å²) in [5.74, 6) is -2.68. The second kappa shape index (κ2) is 20.0. The van der Waals surface area contributed by atoms with Gasteiger partial charge in [0.2, 0.25) is 0 Å². The van der Waals surface area contributed by atoms with Gasteiger partial charge in [0.1, 0.15) is 35.1 Å². The molecule has 0 saturated carbocycles. The predicted molar refractivity (Wildman–Crippen MR) is 210 cm³/mol. The Morgan fingerprint density at radius 2 is 1.59 bits per heavy atom. The van der Waals surface area contributed by atoms with E-state index in [9.17, 15) is 30.3 Å². The van der Waals surface area contributed by atoms with Gasteiger partial charge in [-0.1, -0.05) is 20.8 Å². The van der Waals surface area contributed by atoms with Crippen LogP contribution in [0.5, 0.6) is 0 Å². The summed E-state index contributed by atoms with van der Waals surface area (Å²) in [5, 5.41) is 62.5. The van der Waals surface area contributed by atoms with Crippen molar-refractivity contribution >= 4 is 5.97 Å². The lowest BCUT2D eigenvalue weighted by atomic mass is 9.73. The first-order valence-corrected chi connectivity index (χ1v) is 20.7. The lowest BCUT2D eigenvalue weighted by molar-refractivity contribution is -0.339. The number of carbonyl (C=O) groups is 1. The van der Waals surface area contributed by atoms with E-state index in [0.29, 0.717) is 32.4 Å². The summed E-state index contributed by atoms with van der Waals surface area (Å²) < 4.78 is 43.5. The van der Waals surface area contributed by atoms with E-state index in [1.165, 1.54) is 14.0 Å². The van der Waals surface area contributed by atoms with Crippen LogP contribution < -0.4 is 5.32 Å². The Bertz CT molecular complexity index is 1230. The van der Waals surface area contributed by atoms with E-state index >= 15 is 0 Å². The van der Waals surface area contributed by atoms with Gasteiger partial charge >= 0.3 is 5.97 Å². The molecular formula is C41H78N2O13. The van der Waals surface area contributed by atoms with E-state index in [4.69, 9.17) is 33.2 Å². The second-order valence-corrected chi connectivity index (χ2v) is 18.1. The van der Waals surface area contributed by atoms with Crippen LogP contribution in [-0.4, -0.2) is 168 Å². The molecule has 0 aromatic carbocycles. The highest BCUT2D eigenvalue weighted by atomic mass is 16.7. The second-order valence-electron chi connectivity index (χ2n) is 18.1. The third kappa shape index (κ3) is 11.0. The van der Waals surface area contributed by atoms with Gasteiger partial charge in [-0.15, -0.1) is 0 Å². The van der Waals surface area contributed by atoms with Crippen LogP contribution in [0.15, 0.2) is 0 Å². The molecule has 0 bridgehead atoms. The third-order valence-corrected chi connectivity index (χ3v) is 13.1. The molecule has 3 heterocycles. The van der Waals surface area contributed by atoms with Gasteiger partial charge < -0.3 is 68.9 Å². The molecule has 3 fully saturated rings. The summed E-state index contributed by atoms with van der Waals surface area (Å²) in [6, 6.07) is -0.882. The average Bonchev–Trinajstić information content (AvgIpc) is 3.12. The number of cyclic esters (lactones) is 1. The number of carbonyl (C=O) groups excluding carboxylic acids is 1. The number of rotatable bonds is 11. The molecule has 3 aliphatic heterocycles. The van der Waals surface area contributed by atoms with Gasteiger partial charge in [0.05, 0.1) is 35.9 Å². The lowest BCUT2D eigenvalue weighted by Crippen LogP contribution is -2.66. The summed E-state index contributed by atoms with van der Waals surface area (Å²) in [7, 11) is 6.90. The highest BCUT2D eigenvalue weighted by Gasteiger charge is 2.58. The fourth-order valence-corrected chi connectivity index (χ4v) is 9.37. The SMILES string of the molecule is CCC1OC(=O)[C@H](C)[C@@H](O[C@H]2C[C@@](C)(OC)[C@@](O)(CCCOC)[C@H](C)O2)[C@H](C)[C@@H](O[C@@H]2O[C@H](C)C[C@H](N(C)C)[C@H]2O)[C@](C)(O)C[C@@H](C)CN[C@H](C)[C@@H](O)[C@]1(C)O. The van der Waals surface area contributed by atoms with E-state index in [2.05, 4.69) is 5.32 Å². The molecule has 3 rings (SSSR count). The summed E-state index contributed by atoms with van der Waals surface area (Å²) in [6.45, 7) is 18.4. The summed E-state index contributed by atoms with van der Waals surface area (Å²) in [5.41, 5.74) is -5.92. The van der Waals surface area contributed by atoms with Crippen LogP contribution in [0, 0.1) is 17.8 Å². The van der Waals surface area contributed by atoms with Gasteiger partial charge in [-0.25, -0.2) is 0 Å². The highest BCUT2D eigenvalue weighted by Crippen LogP contribution is 2.45. The number of ether oxygens (including phenoxy) is 7. The first-order chi connectivity index (χ1) is 25.9. The molecule has 1 unspecified atom stereocenters. The normalized spacial score (nSPS) is 47.9. The molecule has 15 heteroatoms. The molecule has 0 aromatic rings. The number of hydrogen-bond donors (Lipinski definition) is 6. The third-order valence-electron chi connectivity index (χ3n) is 13.1. The van der Waals surface area contributed by atoms with Gasteiger partial charge in [0.25, 0.3) is 0 Å². The van der Waals surface area contributed by atoms with Crippen molar-refractivity contribution in [3.8, 4) is 0 Å².